The van der Waals surface area contributed by atoms with Gasteiger partial charge in [-0.2, -0.15) is 0 Å². The molecule has 0 unspecified atom stereocenters. The summed E-state index contributed by atoms with van der Waals surface area (Å²) < 4.78 is 5.01. The van der Waals surface area contributed by atoms with E-state index >= 15 is 0 Å². The van der Waals surface area contributed by atoms with Crippen LogP contribution in [0.5, 0.6) is 0 Å². The summed E-state index contributed by atoms with van der Waals surface area (Å²) in [6.07, 6.45) is 0. The maximum Gasteiger partial charge on any atom is 0.350 e. The van der Waals surface area contributed by atoms with Gasteiger partial charge in [0.05, 0.1) is 12.3 Å². The van der Waals surface area contributed by atoms with E-state index in [1.165, 1.54) is 16.9 Å². The first kappa shape index (κ1) is 12.8. The van der Waals surface area contributed by atoms with Gasteiger partial charge in [0.1, 0.15) is 9.88 Å². The Labute approximate surface area is 110 Å². The highest BCUT2D eigenvalue weighted by Crippen LogP contribution is 2.28. The molecule has 1 aromatic carbocycles. The number of thiazole rings is 1. The van der Waals surface area contributed by atoms with Gasteiger partial charge in [0.15, 0.2) is 0 Å². The van der Waals surface area contributed by atoms with Crippen molar-refractivity contribution in [2.45, 2.75) is 20.8 Å². The third-order valence-corrected chi connectivity index (χ3v) is 3.71. The highest BCUT2D eigenvalue weighted by molar-refractivity contribution is 7.17. The number of hydrogen-bond donors (Lipinski definition) is 0. The Morgan fingerprint density at radius 2 is 2.17 bits per heavy atom. The number of ether oxygens (including phenoxy) is 1. The molecule has 0 aliphatic heterocycles. The highest BCUT2D eigenvalue weighted by atomic mass is 32.1. The van der Waals surface area contributed by atoms with E-state index in [0.29, 0.717) is 11.5 Å². The average Bonchev–Trinajstić information content (AvgIpc) is 2.72. The Morgan fingerprint density at radius 1 is 1.39 bits per heavy atom. The molecule has 2 aromatic rings. The lowest BCUT2D eigenvalue weighted by Crippen LogP contribution is -2.03. The lowest BCUT2D eigenvalue weighted by molar-refractivity contribution is 0.0531. The molecular weight excluding hydrogens is 246 g/mol. The lowest BCUT2D eigenvalue weighted by atomic mass is 10.1. The molecule has 0 aliphatic rings. The van der Waals surface area contributed by atoms with Crippen LogP contribution in [0, 0.1) is 13.8 Å². The van der Waals surface area contributed by atoms with Crippen molar-refractivity contribution >= 4 is 17.3 Å². The van der Waals surface area contributed by atoms with Crippen molar-refractivity contribution < 1.29 is 9.53 Å². The zero-order valence-corrected chi connectivity index (χ0v) is 11.5. The minimum atomic E-state index is -0.286. The summed E-state index contributed by atoms with van der Waals surface area (Å²) in [6.45, 7) is 6.06. The third-order valence-electron chi connectivity index (χ3n) is 2.52. The molecule has 0 fully saturated rings. The van der Waals surface area contributed by atoms with E-state index in [-0.39, 0.29) is 5.97 Å². The normalized spacial score (nSPS) is 10.4. The number of aromatic nitrogens is 1. The van der Waals surface area contributed by atoms with Crippen LogP contribution in [0.15, 0.2) is 24.3 Å². The zero-order valence-electron chi connectivity index (χ0n) is 10.7. The van der Waals surface area contributed by atoms with Gasteiger partial charge in [0.25, 0.3) is 0 Å². The molecule has 0 saturated carbocycles. The summed E-state index contributed by atoms with van der Waals surface area (Å²) in [7, 11) is 0. The van der Waals surface area contributed by atoms with E-state index in [1.807, 2.05) is 32.0 Å². The van der Waals surface area contributed by atoms with Gasteiger partial charge in [-0.05, 0) is 26.8 Å². The number of benzene rings is 1. The van der Waals surface area contributed by atoms with E-state index in [9.17, 15) is 4.79 Å². The van der Waals surface area contributed by atoms with Gasteiger partial charge in [-0.25, -0.2) is 9.78 Å². The predicted molar refractivity (Wildman–Crippen MR) is 73.0 cm³/mol. The fraction of sp³-hybridized carbons (Fsp3) is 0.286. The van der Waals surface area contributed by atoms with Crippen LogP contribution >= 0.6 is 11.3 Å². The van der Waals surface area contributed by atoms with Gasteiger partial charge >= 0.3 is 5.97 Å². The Balaban J connectivity index is 2.37. The van der Waals surface area contributed by atoms with Crippen LogP contribution in [-0.4, -0.2) is 17.6 Å². The van der Waals surface area contributed by atoms with E-state index < -0.39 is 0 Å². The predicted octanol–water partition coefficient (Wildman–Crippen LogP) is 3.60. The molecule has 18 heavy (non-hydrogen) atoms. The topological polar surface area (TPSA) is 39.2 Å². The summed E-state index contributed by atoms with van der Waals surface area (Å²) in [5, 5.41) is 0.860. The number of rotatable bonds is 3. The van der Waals surface area contributed by atoms with Crippen LogP contribution in [0.3, 0.4) is 0 Å². The molecule has 0 spiro atoms. The number of aryl methyl sites for hydroxylation is 2. The van der Waals surface area contributed by atoms with Crippen LogP contribution in [0.25, 0.3) is 10.6 Å². The monoisotopic (exact) mass is 261 g/mol. The molecule has 0 amide bonds. The minimum absolute atomic E-state index is 0.286. The Kier molecular flexibility index (Phi) is 3.77. The molecular formula is C14H15NO2S. The van der Waals surface area contributed by atoms with Crippen molar-refractivity contribution in [1.29, 1.82) is 0 Å². The smallest absolute Gasteiger partial charge is 0.350 e. The molecule has 2 rings (SSSR count). The average molecular weight is 261 g/mol. The largest absolute Gasteiger partial charge is 0.462 e. The summed E-state index contributed by atoms with van der Waals surface area (Å²) in [6, 6.07) is 8.09. The summed E-state index contributed by atoms with van der Waals surface area (Å²) in [4.78, 5) is 16.8. The highest BCUT2D eigenvalue weighted by Gasteiger charge is 2.16. The summed E-state index contributed by atoms with van der Waals surface area (Å²) >= 11 is 1.38. The molecule has 0 saturated heterocycles. The molecule has 1 heterocycles. The summed E-state index contributed by atoms with van der Waals surface area (Å²) in [5.41, 5.74) is 2.95. The van der Waals surface area contributed by atoms with Gasteiger partial charge in [-0.1, -0.05) is 23.8 Å². The van der Waals surface area contributed by atoms with Crippen LogP contribution in [0.4, 0.5) is 0 Å². The Bertz CT molecular complexity index is 575. The van der Waals surface area contributed by atoms with Crippen LogP contribution < -0.4 is 0 Å². The molecule has 4 heteroatoms. The van der Waals surface area contributed by atoms with Crippen molar-refractivity contribution in [2.24, 2.45) is 0 Å². The standard InChI is InChI=1S/C14H15NO2S/c1-4-17-14(16)12-10(3)15-13(18-12)11-7-5-6-9(2)8-11/h5-8H,4H2,1-3H3. The van der Waals surface area contributed by atoms with Crippen molar-refractivity contribution in [2.75, 3.05) is 6.61 Å². The van der Waals surface area contributed by atoms with Crippen LogP contribution in [-0.2, 0) is 4.74 Å². The first-order valence-electron chi connectivity index (χ1n) is 5.83. The molecule has 0 atom stereocenters. The van der Waals surface area contributed by atoms with E-state index in [2.05, 4.69) is 11.1 Å². The Hall–Kier alpha value is -1.68. The molecule has 0 N–H and O–H groups in total. The van der Waals surface area contributed by atoms with E-state index in [0.717, 1.165) is 16.3 Å². The van der Waals surface area contributed by atoms with Crippen molar-refractivity contribution in [3.8, 4) is 10.6 Å². The molecule has 0 aliphatic carbocycles. The molecule has 3 nitrogen and oxygen atoms in total. The first-order chi connectivity index (χ1) is 8.61. The number of hydrogen-bond acceptors (Lipinski definition) is 4. The lowest BCUT2D eigenvalue weighted by Gasteiger charge is -1.98. The fourth-order valence-corrected chi connectivity index (χ4v) is 2.64. The van der Waals surface area contributed by atoms with Gasteiger partial charge in [0, 0.05) is 5.56 Å². The van der Waals surface area contributed by atoms with Crippen LogP contribution in [0.2, 0.25) is 0 Å². The van der Waals surface area contributed by atoms with E-state index in [1.54, 1.807) is 6.92 Å². The first-order valence-corrected chi connectivity index (χ1v) is 6.65. The second-order valence-corrected chi connectivity index (χ2v) is 5.02. The van der Waals surface area contributed by atoms with Gasteiger partial charge in [-0.15, -0.1) is 11.3 Å². The van der Waals surface area contributed by atoms with Crippen molar-refractivity contribution in [3.63, 3.8) is 0 Å². The second kappa shape index (κ2) is 5.31. The molecule has 94 valence electrons. The van der Waals surface area contributed by atoms with Gasteiger partial charge in [0.2, 0.25) is 0 Å². The van der Waals surface area contributed by atoms with Gasteiger partial charge in [-0.3, -0.25) is 0 Å². The minimum Gasteiger partial charge on any atom is -0.462 e. The second-order valence-electron chi connectivity index (χ2n) is 4.02. The number of nitrogens with zero attached hydrogens (tertiary/aromatic N) is 1. The zero-order chi connectivity index (χ0) is 13.1. The SMILES string of the molecule is CCOC(=O)c1sc(-c2cccc(C)c2)nc1C. The van der Waals surface area contributed by atoms with Crippen LogP contribution in [0.1, 0.15) is 27.9 Å². The molecule has 0 bridgehead atoms. The molecule has 0 radical (unpaired) electrons. The maximum absolute atomic E-state index is 11.7. The maximum atomic E-state index is 11.7. The number of esters is 1. The van der Waals surface area contributed by atoms with Gasteiger partial charge < -0.3 is 4.74 Å². The molecule has 1 aromatic heterocycles. The van der Waals surface area contributed by atoms with E-state index in [4.69, 9.17) is 4.74 Å². The fourth-order valence-electron chi connectivity index (χ4n) is 1.68. The quantitative estimate of drug-likeness (QED) is 0.792. The number of carbonyl (C=O) groups is 1. The summed E-state index contributed by atoms with van der Waals surface area (Å²) in [5.74, 6) is -0.286. The van der Waals surface area contributed by atoms with Crippen molar-refractivity contribution in [1.82, 2.24) is 4.98 Å². The van der Waals surface area contributed by atoms with Crippen molar-refractivity contribution in [3.05, 3.63) is 40.4 Å². The third kappa shape index (κ3) is 2.59. The number of carbonyl (C=O) groups excluding carboxylic acids is 1. The Morgan fingerprint density at radius 3 is 2.83 bits per heavy atom.